The molecule has 1 fully saturated rings. The van der Waals surface area contributed by atoms with Gasteiger partial charge in [0.15, 0.2) is 5.16 Å². The van der Waals surface area contributed by atoms with E-state index in [-0.39, 0.29) is 0 Å². The Balaban J connectivity index is 1.78. The summed E-state index contributed by atoms with van der Waals surface area (Å²) in [5, 5.41) is 9.49. The number of thioether (sulfide) groups is 1. The molecule has 0 N–H and O–H groups in total. The van der Waals surface area contributed by atoms with E-state index >= 15 is 0 Å². The van der Waals surface area contributed by atoms with E-state index in [1.165, 1.54) is 12.1 Å². The zero-order valence-corrected chi connectivity index (χ0v) is 14.1. The van der Waals surface area contributed by atoms with Crippen LogP contribution in [0, 0.1) is 6.92 Å². The number of hydrogen-bond acceptors (Lipinski definition) is 5. The summed E-state index contributed by atoms with van der Waals surface area (Å²) in [6, 6.07) is 8.45. The highest BCUT2D eigenvalue weighted by Crippen LogP contribution is 2.26. The highest BCUT2D eigenvalue weighted by atomic mass is 32.2. The Hall–Kier alpha value is -1.53. The van der Waals surface area contributed by atoms with Crippen LogP contribution in [0.3, 0.4) is 0 Å². The minimum absolute atomic E-state index is 0.353. The third kappa shape index (κ3) is 3.28. The van der Waals surface area contributed by atoms with Crippen LogP contribution in [0.4, 0.5) is 5.69 Å². The topological polar surface area (TPSA) is 43.2 Å². The molecule has 2 aromatic rings. The van der Waals surface area contributed by atoms with Gasteiger partial charge in [0.1, 0.15) is 5.82 Å². The maximum atomic E-state index is 5.69. The van der Waals surface area contributed by atoms with Gasteiger partial charge in [0.2, 0.25) is 0 Å². The number of nitrogens with zero attached hydrogens (tertiary/aromatic N) is 4. The molecule has 0 bridgehead atoms. The lowest BCUT2D eigenvalue weighted by Crippen LogP contribution is -2.10. The lowest BCUT2D eigenvalue weighted by molar-refractivity contribution is 0.129. The quantitative estimate of drug-likeness (QED) is 0.793. The van der Waals surface area contributed by atoms with Crippen molar-refractivity contribution in [1.29, 1.82) is 0 Å². The maximum absolute atomic E-state index is 5.69. The minimum atomic E-state index is 0.353. The molecule has 0 spiro atoms. The van der Waals surface area contributed by atoms with Gasteiger partial charge in [-0.05, 0) is 44.0 Å². The molecule has 22 heavy (non-hydrogen) atoms. The Labute approximate surface area is 135 Å². The predicted octanol–water partition coefficient (Wildman–Crippen LogP) is 2.91. The molecule has 0 saturated carbocycles. The van der Waals surface area contributed by atoms with Gasteiger partial charge in [-0.3, -0.25) is 4.57 Å². The van der Waals surface area contributed by atoms with Crippen LogP contribution < -0.4 is 4.90 Å². The first-order chi connectivity index (χ1) is 10.6. The van der Waals surface area contributed by atoms with Crippen molar-refractivity contribution in [3.8, 4) is 5.69 Å². The van der Waals surface area contributed by atoms with Crippen LogP contribution in [0.25, 0.3) is 5.69 Å². The van der Waals surface area contributed by atoms with E-state index in [2.05, 4.69) is 43.9 Å². The summed E-state index contributed by atoms with van der Waals surface area (Å²) in [6.45, 7) is 2.88. The molecule has 1 aliphatic heterocycles. The summed E-state index contributed by atoms with van der Waals surface area (Å²) in [5.41, 5.74) is 2.28. The number of anilines is 1. The van der Waals surface area contributed by atoms with Gasteiger partial charge >= 0.3 is 0 Å². The van der Waals surface area contributed by atoms with Gasteiger partial charge in [-0.1, -0.05) is 11.8 Å². The summed E-state index contributed by atoms with van der Waals surface area (Å²) in [7, 11) is 4.09. The normalized spacial score (nSPS) is 17.9. The summed E-state index contributed by atoms with van der Waals surface area (Å²) in [5.74, 6) is 1.85. The molecule has 1 aliphatic rings. The number of ether oxygens (including phenoxy) is 1. The molecule has 1 atom stereocenters. The van der Waals surface area contributed by atoms with Crippen molar-refractivity contribution in [3.63, 3.8) is 0 Å². The molecule has 0 amide bonds. The maximum Gasteiger partial charge on any atom is 0.195 e. The summed E-state index contributed by atoms with van der Waals surface area (Å²) < 4.78 is 7.80. The average molecular weight is 318 g/mol. The van der Waals surface area contributed by atoms with E-state index in [1.54, 1.807) is 11.8 Å². The molecular weight excluding hydrogens is 296 g/mol. The van der Waals surface area contributed by atoms with Gasteiger partial charge in [-0.25, -0.2) is 0 Å². The fourth-order valence-corrected chi connectivity index (χ4v) is 3.64. The molecule has 1 aromatic heterocycles. The number of benzene rings is 1. The van der Waals surface area contributed by atoms with Crippen LogP contribution >= 0.6 is 11.8 Å². The van der Waals surface area contributed by atoms with Crippen molar-refractivity contribution in [1.82, 2.24) is 14.8 Å². The molecule has 6 heteroatoms. The zero-order chi connectivity index (χ0) is 15.5. The number of hydrogen-bond donors (Lipinski definition) is 0. The van der Waals surface area contributed by atoms with Crippen LogP contribution in [0.2, 0.25) is 0 Å². The first-order valence-electron chi connectivity index (χ1n) is 7.59. The van der Waals surface area contributed by atoms with E-state index in [0.29, 0.717) is 6.10 Å². The number of rotatable bonds is 5. The predicted molar refractivity (Wildman–Crippen MR) is 90.1 cm³/mol. The molecule has 3 rings (SSSR count). The van der Waals surface area contributed by atoms with Gasteiger partial charge in [0.25, 0.3) is 0 Å². The minimum Gasteiger partial charge on any atom is -0.378 e. The fraction of sp³-hybridized carbons (Fsp3) is 0.500. The number of aromatic nitrogens is 3. The van der Waals surface area contributed by atoms with Gasteiger partial charge in [0, 0.05) is 37.8 Å². The van der Waals surface area contributed by atoms with E-state index in [1.807, 2.05) is 21.0 Å². The molecule has 0 aliphatic carbocycles. The molecule has 0 radical (unpaired) electrons. The zero-order valence-electron chi connectivity index (χ0n) is 13.3. The summed E-state index contributed by atoms with van der Waals surface area (Å²) in [6.07, 6.45) is 2.67. The summed E-state index contributed by atoms with van der Waals surface area (Å²) in [4.78, 5) is 2.09. The van der Waals surface area contributed by atoms with Crippen LogP contribution in [0.1, 0.15) is 18.7 Å². The Morgan fingerprint density at radius 3 is 2.68 bits per heavy atom. The standard InChI is InChI=1S/C16H22N4OS/c1-12-17-18-16(22-11-15-5-4-10-21-15)20(12)14-8-6-13(7-9-14)19(2)3/h6-9,15H,4-5,10-11H2,1-3H3. The first-order valence-corrected chi connectivity index (χ1v) is 8.58. The van der Waals surface area contributed by atoms with Crippen molar-refractivity contribution in [3.05, 3.63) is 30.1 Å². The van der Waals surface area contributed by atoms with Crippen molar-refractivity contribution in [2.45, 2.75) is 31.0 Å². The Morgan fingerprint density at radius 1 is 1.27 bits per heavy atom. The van der Waals surface area contributed by atoms with Crippen LogP contribution in [0.5, 0.6) is 0 Å². The Bertz CT molecular complexity index is 618. The highest BCUT2D eigenvalue weighted by molar-refractivity contribution is 7.99. The molecule has 1 aromatic carbocycles. The third-order valence-corrected chi connectivity index (χ3v) is 4.90. The van der Waals surface area contributed by atoms with E-state index in [0.717, 1.165) is 35.4 Å². The highest BCUT2D eigenvalue weighted by Gasteiger charge is 2.18. The van der Waals surface area contributed by atoms with Gasteiger partial charge < -0.3 is 9.64 Å². The average Bonchev–Trinajstić information content (AvgIpc) is 3.15. The lowest BCUT2D eigenvalue weighted by atomic mass is 10.2. The Morgan fingerprint density at radius 2 is 2.05 bits per heavy atom. The van der Waals surface area contributed by atoms with Gasteiger partial charge in [-0.2, -0.15) is 0 Å². The monoisotopic (exact) mass is 318 g/mol. The molecule has 2 heterocycles. The number of aryl methyl sites for hydroxylation is 1. The molecule has 5 nitrogen and oxygen atoms in total. The lowest BCUT2D eigenvalue weighted by Gasteiger charge is -2.14. The van der Waals surface area contributed by atoms with E-state index in [4.69, 9.17) is 4.74 Å². The Kier molecular flexibility index (Phi) is 4.69. The van der Waals surface area contributed by atoms with Crippen molar-refractivity contribution >= 4 is 17.4 Å². The second-order valence-corrected chi connectivity index (χ2v) is 6.71. The third-order valence-electron chi connectivity index (χ3n) is 3.84. The van der Waals surface area contributed by atoms with Gasteiger partial charge in [-0.15, -0.1) is 10.2 Å². The second-order valence-electron chi connectivity index (χ2n) is 5.72. The second kappa shape index (κ2) is 6.71. The largest absolute Gasteiger partial charge is 0.378 e. The van der Waals surface area contributed by atoms with Crippen LogP contribution in [-0.2, 0) is 4.74 Å². The molecular formula is C16H22N4OS. The smallest absolute Gasteiger partial charge is 0.195 e. The van der Waals surface area contributed by atoms with Crippen molar-refractivity contribution in [2.75, 3.05) is 31.4 Å². The molecule has 118 valence electrons. The van der Waals surface area contributed by atoms with Crippen molar-refractivity contribution < 1.29 is 4.74 Å². The fourth-order valence-electron chi connectivity index (χ4n) is 2.58. The van der Waals surface area contributed by atoms with E-state index in [9.17, 15) is 0 Å². The SMILES string of the molecule is Cc1nnc(SCC2CCCO2)n1-c1ccc(N(C)C)cc1. The summed E-state index contributed by atoms with van der Waals surface area (Å²) >= 11 is 1.72. The van der Waals surface area contributed by atoms with E-state index < -0.39 is 0 Å². The van der Waals surface area contributed by atoms with Crippen molar-refractivity contribution in [2.24, 2.45) is 0 Å². The van der Waals surface area contributed by atoms with Gasteiger partial charge in [0.05, 0.1) is 6.10 Å². The van der Waals surface area contributed by atoms with Crippen LogP contribution in [0.15, 0.2) is 29.4 Å². The molecule has 1 saturated heterocycles. The van der Waals surface area contributed by atoms with Crippen LogP contribution in [-0.4, -0.2) is 47.3 Å². The molecule has 1 unspecified atom stereocenters. The first kappa shape index (κ1) is 15.4.